The highest BCUT2D eigenvalue weighted by Crippen LogP contribution is 2.32. The Morgan fingerprint density at radius 2 is 2.03 bits per heavy atom. The second kappa shape index (κ2) is 11.3. The molecule has 0 fully saturated rings. The first kappa shape index (κ1) is 25.5. The predicted octanol–water partition coefficient (Wildman–Crippen LogP) is 4.19. The predicted molar refractivity (Wildman–Crippen MR) is 133 cm³/mol. The fourth-order valence-corrected chi connectivity index (χ4v) is 4.80. The van der Waals surface area contributed by atoms with Gasteiger partial charge in [0.25, 0.3) is 5.91 Å². The Balaban J connectivity index is 1.80. The Kier molecular flexibility index (Phi) is 8.46. The van der Waals surface area contributed by atoms with E-state index in [2.05, 4.69) is 5.32 Å². The van der Waals surface area contributed by atoms with Crippen molar-refractivity contribution in [3.8, 4) is 22.0 Å². The van der Waals surface area contributed by atoms with Crippen molar-refractivity contribution in [3.05, 3.63) is 52.0 Å². The van der Waals surface area contributed by atoms with E-state index in [1.54, 1.807) is 6.07 Å². The molecular formula is C24H27ClN4O4S. The highest BCUT2D eigenvalue weighted by atomic mass is 35.5. The third kappa shape index (κ3) is 6.03. The summed E-state index contributed by atoms with van der Waals surface area (Å²) >= 11 is 7.61. The fraction of sp³-hybridized carbons (Fsp3) is 0.333. The van der Waals surface area contributed by atoms with Gasteiger partial charge in [0.1, 0.15) is 11.0 Å². The van der Waals surface area contributed by atoms with Gasteiger partial charge >= 0.3 is 5.97 Å². The largest absolute Gasteiger partial charge is 0.467 e. The number of carbonyl (C=O) groups is 3. The summed E-state index contributed by atoms with van der Waals surface area (Å²) in [6.07, 6.45) is 1.81. The van der Waals surface area contributed by atoms with E-state index >= 15 is 0 Å². The third-order valence-electron chi connectivity index (χ3n) is 5.46. The highest BCUT2D eigenvalue weighted by molar-refractivity contribution is 7.13. The number of carbonyl (C=O) groups excluding carboxylic acids is 3. The number of nitrogens with two attached hydrogens (primary N) is 1. The number of unbranched alkanes of at least 4 members (excludes halogenated alkanes) is 1. The second-order valence-corrected chi connectivity index (χ2v) is 9.16. The number of halogens is 1. The van der Waals surface area contributed by atoms with E-state index in [4.69, 9.17) is 27.1 Å². The first-order chi connectivity index (χ1) is 16.2. The maximum Gasteiger partial charge on any atom is 0.328 e. The summed E-state index contributed by atoms with van der Waals surface area (Å²) in [7, 11) is 1.30. The van der Waals surface area contributed by atoms with Gasteiger partial charge in [0, 0.05) is 35.1 Å². The van der Waals surface area contributed by atoms with Crippen molar-refractivity contribution in [2.24, 2.45) is 5.73 Å². The molecule has 0 bridgehead atoms. The standard InChI is InChI=1S/C24H27ClN4O4S/c1-14-18(22(26)31)12-21(20-13-34-23(28-20)16-7-6-8-17(25)11-16)29(14)10-5-4-9-19(24(32)33-3)27-15(2)30/h6-8,11-13,19H,4-5,9-10H2,1-3H3,(H2,26,31)(H,27,30). The van der Waals surface area contributed by atoms with Crippen molar-refractivity contribution in [2.75, 3.05) is 7.11 Å². The molecule has 8 nitrogen and oxygen atoms in total. The number of rotatable bonds is 10. The monoisotopic (exact) mass is 502 g/mol. The molecule has 2 amide bonds. The van der Waals surface area contributed by atoms with E-state index in [9.17, 15) is 14.4 Å². The molecule has 2 heterocycles. The molecule has 0 spiro atoms. The highest BCUT2D eigenvalue weighted by Gasteiger charge is 2.21. The Hall–Kier alpha value is -3.17. The van der Waals surface area contributed by atoms with Gasteiger partial charge in [0.2, 0.25) is 5.91 Å². The third-order valence-corrected chi connectivity index (χ3v) is 6.58. The molecule has 0 saturated carbocycles. The lowest BCUT2D eigenvalue weighted by Crippen LogP contribution is -2.40. The van der Waals surface area contributed by atoms with Gasteiger partial charge in [-0.15, -0.1) is 11.3 Å². The summed E-state index contributed by atoms with van der Waals surface area (Å²) < 4.78 is 6.79. The molecule has 0 aliphatic carbocycles. The first-order valence-corrected chi connectivity index (χ1v) is 12.0. The van der Waals surface area contributed by atoms with Crippen molar-refractivity contribution in [2.45, 2.75) is 45.7 Å². The molecular weight excluding hydrogens is 476 g/mol. The average molecular weight is 503 g/mol. The lowest BCUT2D eigenvalue weighted by atomic mass is 10.1. The van der Waals surface area contributed by atoms with Crippen LogP contribution in [0.25, 0.3) is 22.0 Å². The SMILES string of the molecule is COC(=O)C(CCCCn1c(-c2csc(-c3cccc(Cl)c3)n2)cc(C(N)=O)c1C)NC(C)=O. The molecule has 1 atom stereocenters. The van der Waals surface area contributed by atoms with Crippen molar-refractivity contribution >= 4 is 40.7 Å². The molecule has 1 aromatic carbocycles. The van der Waals surface area contributed by atoms with Crippen LogP contribution in [0.15, 0.2) is 35.7 Å². The summed E-state index contributed by atoms with van der Waals surface area (Å²) in [4.78, 5) is 40.1. The van der Waals surface area contributed by atoms with E-state index in [-0.39, 0.29) is 5.91 Å². The van der Waals surface area contributed by atoms with E-state index < -0.39 is 17.9 Å². The summed E-state index contributed by atoms with van der Waals surface area (Å²) in [5.41, 5.74) is 9.25. The second-order valence-electron chi connectivity index (χ2n) is 7.86. The molecule has 1 unspecified atom stereocenters. The van der Waals surface area contributed by atoms with Crippen LogP contribution >= 0.6 is 22.9 Å². The zero-order valence-corrected chi connectivity index (χ0v) is 20.8. The summed E-state index contributed by atoms with van der Waals surface area (Å²) in [5, 5.41) is 6.01. The average Bonchev–Trinajstić information content (AvgIpc) is 3.40. The van der Waals surface area contributed by atoms with Gasteiger partial charge in [-0.05, 0) is 44.4 Å². The number of esters is 1. The number of benzene rings is 1. The minimum atomic E-state index is -0.687. The Bertz CT molecular complexity index is 1200. The van der Waals surface area contributed by atoms with Gasteiger partial charge in [0.05, 0.1) is 24.1 Å². The first-order valence-electron chi connectivity index (χ1n) is 10.8. The molecule has 3 aromatic rings. The molecule has 10 heteroatoms. The van der Waals surface area contributed by atoms with Gasteiger partial charge in [-0.1, -0.05) is 23.7 Å². The number of ether oxygens (including phenoxy) is 1. The van der Waals surface area contributed by atoms with Gasteiger partial charge in [-0.3, -0.25) is 9.59 Å². The number of methoxy groups -OCH3 is 1. The zero-order chi connectivity index (χ0) is 24.8. The summed E-state index contributed by atoms with van der Waals surface area (Å²) in [6, 6.07) is 8.57. The minimum Gasteiger partial charge on any atom is -0.467 e. The Labute approximate surface area is 207 Å². The zero-order valence-electron chi connectivity index (χ0n) is 19.3. The van der Waals surface area contributed by atoms with Crippen molar-refractivity contribution in [1.82, 2.24) is 14.9 Å². The number of hydrogen-bond donors (Lipinski definition) is 2. The number of nitrogens with zero attached hydrogens (tertiary/aromatic N) is 2. The Morgan fingerprint density at radius 3 is 2.68 bits per heavy atom. The van der Waals surface area contributed by atoms with Crippen LogP contribution in [-0.4, -0.2) is 40.5 Å². The molecule has 3 N–H and O–H groups in total. The van der Waals surface area contributed by atoms with Gasteiger partial charge in [-0.25, -0.2) is 9.78 Å². The minimum absolute atomic E-state index is 0.288. The van der Waals surface area contributed by atoms with Gasteiger partial charge in [0.15, 0.2) is 0 Å². The fourth-order valence-electron chi connectivity index (χ4n) is 3.80. The van der Waals surface area contributed by atoms with Gasteiger partial charge < -0.3 is 20.4 Å². The number of nitrogens with one attached hydrogen (secondary N) is 1. The van der Waals surface area contributed by atoms with Crippen LogP contribution in [0.4, 0.5) is 0 Å². The molecule has 34 heavy (non-hydrogen) atoms. The molecule has 0 radical (unpaired) electrons. The van der Waals surface area contributed by atoms with Crippen LogP contribution in [0.3, 0.4) is 0 Å². The molecule has 0 aliphatic heterocycles. The van der Waals surface area contributed by atoms with Crippen LogP contribution in [-0.2, 0) is 20.9 Å². The van der Waals surface area contributed by atoms with Crippen LogP contribution in [0.2, 0.25) is 5.02 Å². The van der Waals surface area contributed by atoms with E-state index in [0.717, 1.165) is 27.7 Å². The smallest absolute Gasteiger partial charge is 0.328 e. The van der Waals surface area contributed by atoms with Gasteiger partial charge in [-0.2, -0.15) is 0 Å². The molecule has 2 aromatic heterocycles. The summed E-state index contributed by atoms with van der Waals surface area (Å²) in [5.74, 6) is -1.26. The summed E-state index contributed by atoms with van der Waals surface area (Å²) in [6.45, 7) is 3.80. The molecule has 0 saturated heterocycles. The van der Waals surface area contributed by atoms with Crippen LogP contribution in [0.1, 0.15) is 42.2 Å². The number of primary amides is 1. The number of aromatic nitrogens is 2. The van der Waals surface area contributed by atoms with Crippen molar-refractivity contribution < 1.29 is 19.1 Å². The molecule has 180 valence electrons. The number of hydrogen-bond acceptors (Lipinski definition) is 6. The Morgan fingerprint density at radius 1 is 1.26 bits per heavy atom. The maximum atomic E-state index is 12.0. The molecule has 0 aliphatic rings. The number of thiazole rings is 1. The van der Waals surface area contributed by atoms with E-state index in [0.29, 0.717) is 36.4 Å². The topological polar surface area (TPSA) is 116 Å². The van der Waals surface area contributed by atoms with Crippen LogP contribution in [0.5, 0.6) is 0 Å². The van der Waals surface area contributed by atoms with Crippen molar-refractivity contribution in [1.29, 1.82) is 0 Å². The quantitative estimate of drug-likeness (QED) is 0.318. The number of amides is 2. The van der Waals surface area contributed by atoms with E-state index in [1.807, 2.05) is 41.1 Å². The van der Waals surface area contributed by atoms with Crippen molar-refractivity contribution in [3.63, 3.8) is 0 Å². The van der Waals surface area contributed by atoms with E-state index in [1.165, 1.54) is 25.4 Å². The lowest BCUT2D eigenvalue weighted by molar-refractivity contribution is -0.145. The van der Waals surface area contributed by atoms with Crippen LogP contribution in [0, 0.1) is 6.92 Å². The van der Waals surface area contributed by atoms with Crippen LogP contribution < -0.4 is 11.1 Å². The maximum absolute atomic E-state index is 12.0. The molecule has 3 rings (SSSR count). The normalized spacial score (nSPS) is 11.8. The lowest BCUT2D eigenvalue weighted by Gasteiger charge is -2.16.